The molecule has 2 rings (SSSR count). The van der Waals surface area contributed by atoms with Gasteiger partial charge in [0, 0.05) is 6.04 Å². The lowest BCUT2D eigenvalue weighted by Crippen LogP contribution is -2.15. The van der Waals surface area contributed by atoms with Gasteiger partial charge in [-0.05, 0) is 43.0 Å². The number of nitrogens with two attached hydrogens (primary N) is 1. The van der Waals surface area contributed by atoms with Crippen LogP contribution in [-0.4, -0.2) is 7.11 Å². The maximum absolute atomic E-state index is 6.36. The van der Waals surface area contributed by atoms with Gasteiger partial charge in [0.2, 0.25) is 0 Å². The van der Waals surface area contributed by atoms with Crippen molar-refractivity contribution in [3.05, 3.63) is 64.7 Å². The van der Waals surface area contributed by atoms with Crippen molar-refractivity contribution in [3.63, 3.8) is 0 Å². The number of para-hydroxylation sites is 1. The molecule has 2 nitrogen and oxygen atoms in total. The molecule has 1 atom stereocenters. The summed E-state index contributed by atoms with van der Waals surface area (Å²) in [6.07, 6.45) is 0.786. The first kappa shape index (κ1) is 13.6. The third-order valence-electron chi connectivity index (χ3n) is 3.47. The SMILES string of the molecule is COc1ccccc1CC(N)c1cc(C)ccc1C. The highest BCUT2D eigenvalue weighted by molar-refractivity contribution is 5.38. The summed E-state index contributed by atoms with van der Waals surface area (Å²) in [4.78, 5) is 0. The van der Waals surface area contributed by atoms with Crippen molar-refractivity contribution in [1.29, 1.82) is 0 Å². The van der Waals surface area contributed by atoms with Crippen LogP contribution < -0.4 is 10.5 Å². The predicted octanol–water partition coefficient (Wildman–Crippen LogP) is 3.55. The van der Waals surface area contributed by atoms with Crippen molar-refractivity contribution in [2.24, 2.45) is 5.73 Å². The lowest BCUT2D eigenvalue weighted by molar-refractivity contribution is 0.408. The van der Waals surface area contributed by atoms with Crippen molar-refractivity contribution < 1.29 is 4.74 Å². The number of hydrogen-bond donors (Lipinski definition) is 1. The van der Waals surface area contributed by atoms with Crippen molar-refractivity contribution in [2.45, 2.75) is 26.3 Å². The predicted molar refractivity (Wildman–Crippen MR) is 79.5 cm³/mol. The van der Waals surface area contributed by atoms with Gasteiger partial charge in [0.1, 0.15) is 5.75 Å². The zero-order valence-electron chi connectivity index (χ0n) is 11.8. The van der Waals surface area contributed by atoms with E-state index in [0.29, 0.717) is 0 Å². The number of methoxy groups -OCH3 is 1. The minimum Gasteiger partial charge on any atom is -0.496 e. The van der Waals surface area contributed by atoms with E-state index in [0.717, 1.165) is 17.7 Å². The Balaban J connectivity index is 2.25. The van der Waals surface area contributed by atoms with Gasteiger partial charge in [-0.3, -0.25) is 0 Å². The van der Waals surface area contributed by atoms with Crippen LogP contribution in [0.1, 0.15) is 28.3 Å². The molecule has 2 aromatic rings. The molecule has 2 aromatic carbocycles. The van der Waals surface area contributed by atoms with Gasteiger partial charge in [-0.25, -0.2) is 0 Å². The van der Waals surface area contributed by atoms with Crippen LogP contribution in [0.4, 0.5) is 0 Å². The highest BCUT2D eigenvalue weighted by Crippen LogP contribution is 2.25. The molecule has 0 aliphatic rings. The van der Waals surface area contributed by atoms with Crippen LogP contribution in [-0.2, 0) is 6.42 Å². The summed E-state index contributed by atoms with van der Waals surface area (Å²) >= 11 is 0. The Morgan fingerprint density at radius 2 is 1.84 bits per heavy atom. The summed E-state index contributed by atoms with van der Waals surface area (Å²) in [6.45, 7) is 4.20. The lowest BCUT2D eigenvalue weighted by Gasteiger charge is -2.17. The minimum atomic E-state index is -0.00352. The van der Waals surface area contributed by atoms with Gasteiger partial charge < -0.3 is 10.5 Å². The van der Waals surface area contributed by atoms with Gasteiger partial charge in [-0.1, -0.05) is 42.0 Å². The quantitative estimate of drug-likeness (QED) is 0.906. The summed E-state index contributed by atoms with van der Waals surface area (Å²) in [5.41, 5.74) is 11.2. The molecule has 0 aliphatic carbocycles. The van der Waals surface area contributed by atoms with Gasteiger partial charge in [0.15, 0.2) is 0 Å². The van der Waals surface area contributed by atoms with Crippen LogP contribution in [0.15, 0.2) is 42.5 Å². The Labute approximate surface area is 115 Å². The summed E-state index contributed by atoms with van der Waals surface area (Å²) < 4.78 is 5.38. The van der Waals surface area contributed by atoms with E-state index in [-0.39, 0.29) is 6.04 Å². The molecule has 0 saturated carbocycles. The highest BCUT2D eigenvalue weighted by atomic mass is 16.5. The number of hydrogen-bond acceptors (Lipinski definition) is 2. The van der Waals surface area contributed by atoms with E-state index in [9.17, 15) is 0 Å². The first-order valence-corrected chi connectivity index (χ1v) is 6.56. The average Bonchev–Trinajstić information content (AvgIpc) is 2.42. The maximum Gasteiger partial charge on any atom is 0.122 e. The van der Waals surface area contributed by atoms with Gasteiger partial charge in [-0.2, -0.15) is 0 Å². The Morgan fingerprint density at radius 3 is 2.58 bits per heavy atom. The zero-order chi connectivity index (χ0) is 13.8. The first-order valence-electron chi connectivity index (χ1n) is 6.56. The first-order chi connectivity index (χ1) is 9.11. The van der Waals surface area contributed by atoms with Gasteiger partial charge in [0.05, 0.1) is 7.11 Å². The molecule has 0 aliphatic heterocycles. The topological polar surface area (TPSA) is 35.2 Å². The normalized spacial score (nSPS) is 12.2. The van der Waals surface area contributed by atoms with E-state index < -0.39 is 0 Å². The molecule has 19 heavy (non-hydrogen) atoms. The minimum absolute atomic E-state index is 0.00352. The second-order valence-corrected chi connectivity index (χ2v) is 4.98. The third-order valence-corrected chi connectivity index (χ3v) is 3.47. The largest absolute Gasteiger partial charge is 0.496 e. The van der Waals surface area contributed by atoms with Crippen molar-refractivity contribution in [2.75, 3.05) is 7.11 Å². The van der Waals surface area contributed by atoms with E-state index in [1.807, 2.05) is 18.2 Å². The van der Waals surface area contributed by atoms with Crippen molar-refractivity contribution in [1.82, 2.24) is 0 Å². The molecule has 100 valence electrons. The van der Waals surface area contributed by atoms with Gasteiger partial charge >= 0.3 is 0 Å². The molecule has 2 N–H and O–H groups in total. The fourth-order valence-corrected chi connectivity index (χ4v) is 2.38. The van der Waals surface area contributed by atoms with Gasteiger partial charge in [-0.15, -0.1) is 0 Å². The smallest absolute Gasteiger partial charge is 0.122 e. The Morgan fingerprint density at radius 1 is 1.11 bits per heavy atom. The summed E-state index contributed by atoms with van der Waals surface area (Å²) in [6, 6.07) is 14.5. The zero-order valence-corrected chi connectivity index (χ0v) is 11.8. The lowest BCUT2D eigenvalue weighted by atomic mass is 9.94. The van der Waals surface area contributed by atoms with Crippen LogP contribution in [0.3, 0.4) is 0 Å². The van der Waals surface area contributed by atoms with Crippen LogP contribution in [0.25, 0.3) is 0 Å². The number of aryl methyl sites for hydroxylation is 2. The van der Waals surface area contributed by atoms with E-state index in [2.05, 4.69) is 38.1 Å². The molecular weight excluding hydrogens is 234 g/mol. The van der Waals surface area contributed by atoms with Gasteiger partial charge in [0.25, 0.3) is 0 Å². The second-order valence-electron chi connectivity index (χ2n) is 4.98. The monoisotopic (exact) mass is 255 g/mol. The maximum atomic E-state index is 6.36. The van der Waals surface area contributed by atoms with Crippen LogP contribution in [0.2, 0.25) is 0 Å². The molecular formula is C17H21NO. The van der Waals surface area contributed by atoms with Crippen LogP contribution >= 0.6 is 0 Å². The van der Waals surface area contributed by atoms with E-state index in [4.69, 9.17) is 10.5 Å². The molecule has 2 heteroatoms. The number of rotatable bonds is 4. The fourth-order valence-electron chi connectivity index (χ4n) is 2.38. The molecule has 0 saturated heterocycles. The second kappa shape index (κ2) is 5.89. The van der Waals surface area contributed by atoms with Crippen LogP contribution in [0.5, 0.6) is 5.75 Å². The molecule has 0 fully saturated rings. The summed E-state index contributed by atoms with van der Waals surface area (Å²) in [5.74, 6) is 0.906. The third kappa shape index (κ3) is 3.15. The van der Waals surface area contributed by atoms with E-state index >= 15 is 0 Å². The van der Waals surface area contributed by atoms with Crippen molar-refractivity contribution >= 4 is 0 Å². The molecule has 0 bridgehead atoms. The Kier molecular flexibility index (Phi) is 4.23. The number of ether oxygens (including phenoxy) is 1. The van der Waals surface area contributed by atoms with Crippen LogP contribution in [0, 0.1) is 13.8 Å². The molecule has 1 unspecified atom stereocenters. The van der Waals surface area contributed by atoms with Crippen molar-refractivity contribution in [3.8, 4) is 5.75 Å². The molecule has 0 spiro atoms. The number of benzene rings is 2. The Bertz CT molecular complexity index is 563. The fraction of sp³-hybridized carbons (Fsp3) is 0.294. The molecule has 0 aromatic heterocycles. The van der Waals surface area contributed by atoms with E-state index in [1.54, 1.807) is 7.11 Å². The molecule has 0 amide bonds. The highest BCUT2D eigenvalue weighted by Gasteiger charge is 2.12. The summed E-state index contributed by atoms with van der Waals surface area (Å²) in [5, 5.41) is 0. The van der Waals surface area contributed by atoms with E-state index in [1.165, 1.54) is 16.7 Å². The Hall–Kier alpha value is -1.80. The average molecular weight is 255 g/mol. The standard InChI is InChI=1S/C17H21NO/c1-12-8-9-13(2)15(10-12)16(18)11-14-6-4-5-7-17(14)19-3/h4-10,16H,11,18H2,1-3H3. The summed E-state index contributed by atoms with van der Waals surface area (Å²) in [7, 11) is 1.70. The molecule has 0 heterocycles. The molecule has 0 radical (unpaired) electrons.